The highest BCUT2D eigenvalue weighted by Gasteiger charge is 2.16. The van der Waals surface area contributed by atoms with Gasteiger partial charge < -0.3 is 16.4 Å². The number of nitrogens with two attached hydrogens (primary N) is 2. The maximum Gasteiger partial charge on any atom is 0.233 e. The molecule has 0 saturated carbocycles. The molecule has 19 heavy (non-hydrogen) atoms. The molecule has 1 amide bonds. The van der Waals surface area contributed by atoms with Crippen LogP contribution in [-0.2, 0) is 4.79 Å². The average Bonchev–Trinajstić information content (AvgIpc) is 2.22. The molecule has 0 atom stereocenters. The fourth-order valence-corrected chi connectivity index (χ4v) is 2.14. The van der Waals surface area contributed by atoms with Gasteiger partial charge in [-0.2, -0.15) is 4.99 Å². The monoisotopic (exact) mass is 287 g/mol. The lowest BCUT2D eigenvalue weighted by Gasteiger charge is -2.26. The SMILES string of the molecule is CC(C)CN(CC(C)C)C(=O)CSC(=N)N=C(N)N. The lowest BCUT2D eigenvalue weighted by atomic mass is 10.1. The van der Waals surface area contributed by atoms with Crippen LogP contribution in [0.25, 0.3) is 0 Å². The Labute approximate surface area is 119 Å². The highest BCUT2D eigenvalue weighted by atomic mass is 32.2. The molecule has 0 radical (unpaired) electrons. The van der Waals surface area contributed by atoms with E-state index in [1.165, 1.54) is 0 Å². The van der Waals surface area contributed by atoms with Gasteiger partial charge in [0.15, 0.2) is 11.1 Å². The Hall–Kier alpha value is -1.24. The smallest absolute Gasteiger partial charge is 0.233 e. The minimum atomic E-state index is -0.161. The van der Waals surface area contributed by atoms with Crippen molar-refractivity contribution in [3.63, 3.8) is 0 Å². The summed E-state index contributed by atoms with van der Waals surface area (Å²) in [6, 6.07) is 0. The number of hydrogen-bond acceptors (Lipinski definition) is 3. The number of rotatable bonds is 6. The Morgan fingerprint density at radius 2 is 1.68 bits per heavy atom. The third-order valence-electron chi connectivity index (χ3n) is 2.09. The maximum atomic E-state index is 12.1. The zero-order valence-electron chi connectivity index (χ0n) is 12.1. The van der Waals surface area contributed by atoms with Crippen molar-refractivity contribution in [2.24, 2.45) is 28.3 Å². The van der Waals surface area contributed by atoms with Crippen LogP contribution in [0.5, 0.6) is 0 Å². The largest absolute Gasteiger partial charge is 0.370 e. The molecule has 0 unspecified atom stereocenters. The molecule has 0 aromatic carbocycles. The Kier molecular flexibility index (Phi) is 8.22. The van der Waals surface area contributed by atoms with Crippen molar-refractivity contribution >= 4 is 28.8 Å². The van der Waals surface area contributed by atoms with E-state index in [4.69, 9.17) is 16.9 Å². The summed E-state index contributed by atoms with van der Waals surface area (Å²) in [7, 11) is 0. The van der Waals surface area contributed by atoms with E-state index in [1.54, 1.807) is 0 Å². The number of hydrogen-bond donors (Lipinski definition) is 3. The van der Waals surface area contributed by atoms with Crippen molar-refractivity contribution in [3.8, 4) is 0 Å². The molecule has 0 heterocycles. The molecule has 5 N–H and O–H groups in total. The first-order valence-corrected chi connectivity index (χ1v) is 7.29. The fraction of sp³-hybridized carbons (Fsp3) is 0.750. The van der Waals surface area contributed by atoms with E-state index >= 15 is 0 Å². The Morgan fingerprint density at radius 1 is 1.21 bits per heavy atom. The van der Waals surface area contributed by atoms with Crippen molar-refractivity contribution < 1.29 is 4.79 Å². The predicted molar refractivity (Wildman–Crippen MR) is 82.3 cm³/mol. The van der Waals surface area contributed by atoms with Gasteiger partial charge in [0, 0.05) is 13.1 Å². The fourth-order valence-electron chi connectivity index (χ4n) is 1.53. The summed E-state index contributed by atoms with van der Waals surface area (Å²) in [5.74, 6) is 0.888. The van der Waals surface area contributed by atoms with Crippen molar-refractivity contribution in [2.75, 3.05) is 18.8 Å². The molecule has 0 rings (SSSR count). The standard InChI is InChI=1S/C12H25N5OS/c1-8(2)5-17(6-9(3)4)10(18)7-19-12(15)16-11(13)14/h8-9H,5-7H2,1-4H3,(H5,13,14,15,16). The number of amidine groups is 1. The van der Waals surface area contributed by atoms with E-state index in [-0.39, 0.29) is 22.8 Å². The Bertz CT molecular complexity index is 327. The zero-order chi connectivity index (χ0) is 15.0. The van der Waals surface area contributed by atoms with Gasteiger partial charge in [0.1, 0.15) is 0 Å². The van der Waals surface area contributed by atoms with E-state index in [0.29, 0.717) is 11.8 Å². The van der Waals surface area contributed by atoms with Crippen LogP contribution in [0.1, 0.15) is 27.7 Å². The summed E-state index contributed by atoms with van der Waals surface area (Å²) in [4.78, 5) is 17.5. The molecule has 6 nitrogen and oxygen atoms in total. The molecule has 0 aromatic rings. The van der Waals surface area contributed by atoms with Gasteiger partial charge in [-0.1, -0.05) is 39.5 Å². The normalized spacial score (nSPS) is 10.6. The number of amides is 1. The molecular formula is C12H25N5OS. The highest BCUT2D eigenvalue weighted by molar-refractivity contribution is 8.14. The topological polar surface area (TPSA) is 109 Å². The van der Waals surface area contributed by atoms with Gasteiger partial charge in [-0.3, -0.25) is 10.2 Å². The van der Waals surface area contributed by atoms with Crippen LogP contribution in [-0.4, -0.2) is 40.8 Å². The lowest BCUT2D eigenvalue weighted by Crippen LogP contribution is -2.38. The Morgan fingerprint density at radius 3 is 2.05 bits per heavy atom. The number of carbonyl (C=O) groups excluding carboxylic acids is 1. The van der Waals surface area contributed by atoms with Crippen LogP contribution in [0, 0.1) is 17.2 Å². The minimum absolute atomic E-state index is 0.0166. The van der Waals surface area contributed by atoms with Gasteiger partial charge >= 0.3 is 0 Å². The predicted octanol–water partition coefficient (Wildman–Crippen LogP) is 1.07. The average molecular weight is 287 g/mol. The van der Waals surface area contributed by atoms with Crippen molar-refractivity contribution in [1.82, 2.24) is 4.90 Å². The second-order valence-corrected chi connectivity index (χ2v) is 6.18. The molecule has 0 aliphatic rings. The quantitative estimate of drug-likeness (QED) is 0.501. The lowest BCUT2D eigenvalue weighted by molar-refractivity contribution is -0.129. The summed E-state index contributed by atoms with van der Waals surface area (Å²) < 4.78 is 0. The maximum absolute atomic E-state index is 12.1. The molecule has 7 heteroatoms. The van der Waals surface area contributed by atoms with Crippen LogP contribution in [0.4, 0.5) is 0 Å². The van der Waals surface area contributed by atoms with Gasteiger partial charge in [-0.15, -0.1) is 0 Å². The molecule has 0 bridgehead atoms. The number of carbonyl (C=O) groups is 1. The van der Waals surface area contributed by atoms with E-state index in [0.717, 1.165) is 24.9 Å². The molecule has 0 spiro atoms. The molecule has 0 aromatic heterocycles. The summed E-state index contributed by atoms with van der Waals surface area (Å²) >= 11 is 1.04. The first-order chi connectivity index (χ1) is 8.72. The minimum Gasteiger partial charge on any atom is -0.370 e. The van der Waals surface area contributed by atoms with Crippen LogP contribution < -0.4 is 11.5 Å². The van der Waals surface area contributed by atoms with Crippen LogP contribution in [0.2, 0.25) is 0 Å². The van der Waals surface area contributed by atoms with E-state index < -0.39 is 0 Å². The molecule has 110 valence electrons. The second kappa shape index (κ2) is 8.79. The zero-order valence-corrected chi connectivity index (χ0v) is 13.0. The van der Waals surface area contributed by atoms with E-state index in [1.807, 2.05) is 4.90 Å². The van der Waals surface area contributed by atoms with E-state index in [9.17, 15) is 4.79 Å². The van der Waals surface area contributed by atoms with Gasteiger partial charge in [-0.05, 0) is 11.8 Å². The first kappa shape index (κ1) is 17.8. The third-order valence-corrected chi connectivity index (χ3v) is 2.84. The molecule has 0 aliphatic carbocycles. The molecule has 0 fully saturated rings. The third kappa shape index (κ3) is 9.35. The van der Waals surface area contributed by atoms with Gasteiger partial charge in [-0.25, -0.2) is 0 Å². The number of guanidine groups is 1. The van der Waals surface area contributed by atoms with Crippen molar-refractivity contribution in [3.05, 3.63) is 0 Å². The summed E-state index contributed by atoms with van der Waals surface area (Å²) in [6.45, 7) is 9.77. The van der Waals surface area contributed by atoms with Gasteiger partial charge in [0.2, 0.25) is 5.91 Å². The summed E-state index contributed by atoms with van der Waals surface area (Å²) in [6.07, 6.45) is 0. The van der Waals surface area contributed by atoms with Gasteiger partial charge in [0.25, 0.3) is 0 Å². The number of nitrogens with one attached hydrogen (secondary N) is 1. The molecular weight excluding hydrogens is 262 g/mol. The van der Waals surface area contributed by atoms with E-state index in [2.05, 4.69) is 32.7 Å². The first-order valence-electron chi connectivity index (χ1n) is 6.31. The number of aliphatic imine (C=N–C) groups is 1. The summed E-state index contributed by atoms with van der Waals surface area (Å²) in [5, 5.41) is 7.44. The number of nitrogens with zero attached hydrogens (tertiary/aromatic N) is 2. The van der Waals surface area contributed by atoms with Gasteiger partial charge in [0.05, 0.1) is 5.75 Å². The molecule has 0 aliphatic heterocycles. The van der Waals surface area contributed by atoms with Crippen LogP contribution >= 0.6 is 11.8 Å². The van der Waals surface area contributed by atoms with Crippen molar-refractivity contribution in [2.45, 2.75) is 27.7 Å². The highest BCUT2D eigenvalue weighted by Crippen LogP contribution is 2.09. The Balaban J connectivity index is 4.39. The second-order valence-electron chi connectivity index (χ2n) is 5.22. The van der Waals surface area contributed by atoms with Crippen molar-refractivity contribution in [1.29, 1.82) is 5.41 Å². The number of thioether (sulfide) groups is 1. The molecule has 0 saturated heterocycles. The van der Waals surface area contributed by atoms with Crippen LogP contribution in [0.3, 0.4) is 0 Å². The summed E-state index contributed by atoms with van der Waals surface area (Å²) in [5.41, 5.74) is 10.3. The van der Waals surface area contributed by atoms with Crippen LogP contribution in [0.15, 0.2) is 4.99 Å².